The fraction of sp³-hybridized carbons (Fsp3) is 0.308. The molecule has 1 aliphatic carbocycles. The molecule has 1 aromatic carbocycles. The normalized spacial score (nSPS) is 13.9. The minimum Gasteiger partial charge on any atom is -0.345 e. The first-order valence-corrected chi connectivity index (χ1v) is 7.68. The van der Waals surface area contributed by atoms with Crippen LogP contribution in [0.3, 0.4) is 0 Å². The van der Waals surface area contributed by atoms with Gasteiger partial charge in [-0.15, -0.1) is 10.2 Å². The number of nitrogens with one attached hydrogen (secondary N) is 1. The van der Waals surface area contributed by atoms with E-state index in [-0.39, 0.29) is 12.5 Å². The average Bonchev–Trinajstić information content (AvgIpc) is 3.10. The summed E-state index contributed by atoms with van der Waals surface area (Å²) in [4.78, 5) is 12.3. The quantitative estimate of drug-likeness (QED) is 0.718. The lowest BCUT2D eigenvalue weighted by Crippen LogP contribution is -2.25. The lowest BCUT2D eigenvalue weighted by Gasteiger charge is -2.08. The topological polar surface area (TPSA) is 116 Å². The van der Waals surface area contributed by atoms with Crippen molar-refractivity contribution in [3.8, 4) is 5.69 Å². The van der Waals surface area contributed by atoms with E-state index in [1.54, 1.807) is 22.9 Å². The minimum atomic E-state index is -0.298. The highest BCUT2D eigenvalue weighted by Crippen LogP contribution is 2.34. The number of hydrogen-bond donors (Lipinski definition) is 1. The second kappa shape index (κ2) is 5.96. The third-order valence-electron chi connectivity index (χ3n) is 3.67. The van der Waals surface area contributed by atoms with Crippen molar-refractivity contribution in [2.45, 2.75) is 25.4 Å². The van der Waals surface area contributed by atoms with Gasteiger partial charge in [-0.3, -0.25) is 4.79 Å². The van der Waals surface area contributed by atoms with Gasteiger partial charge in [-0.1, -0.05) is 11.6 Å². The predicted octanol–water partition coefficient (Wildman–Crippen LogP) is 0.567. The van der Waals surface area contributed by atoms with Gasteiger partial charge in [0.1, 0.15) is 6.33 Å². The van der Waals surface area contributed by atoms with Crippen molar-refractivity contribution in [2.24, 2.45) is 0 Å². The van der Waals surface area contributed by atoms with Crippen molar-refractivity contribution in [3.05, 3.63) is 40.9 Å². The van der Waals surface area contributed by atoms with Crippen molar-refractivity contribution >= 4 is 17.5 Å². The summed E-state index contributed by atoms with van der Waals surface area (Å²) >= 11 is 6.21. The summed E-state index contributed by atoms with van der Waals surface area (Å²) in [5.41, 5.74) is 1.03. The number of carbonyl (C=O) groups is 1. The second-order valence-electron chi connectivity index (χ2n) is 5.37. The van der Waals surface area contributed by atoms with E-state index in [2.05, 4.69) is 36.4 Å². The lowest BCUT2D eigenvalue weighted by atomic mass is 10.2. The highest BCUT2D eigenvalue weighted by Gasteiger charge is 2.27. The van der Waals surface area contributed by atoms with E-state index in [4.69, 9.17) is 11.6 Å². The maximum absolute atomic E-state index is 12.3. The Balaban J connectivity index is 1.47. The van der Waals surface area contributed by atoms with E-state index in [9.17, 15) is 4.79 Å². The molecule has 0 aliphatic heterocycles. The Morgan fingerprint density at radius 3 is 2.88 bits per heavy atom. The van der Waals surface area contributed by atoms with E-state index in [0.717, 1.165) is 12.8 Å². The number of rotatable bonds is 5. The van der Waals surface area contributed by atoms with Crippen molar-refractivity contribution in [1.29, 1.82) is 0 Å². The molecule has 1 amide bonds. The summed E-state index contributed by atoms with van der Waals surface area (Å²) < 4.78 is 3.21. The Labute approximate surface area is 140 Å². The smallest absolute Gasteiger partial charge is 0.253 e. The monoisotopic (exact) mass is 345 g/mol. The zero-order valence-corrected chi connectivity index (χ0v) is 13.1. The van der Waals surface area contributed by atoms with Crippen LogP contribution >= 0.6 is 11.6 Å². The first-order chi connectivity index (χ1) is 11.7. The summed E-state index contributed by atoms with van der Waals surface area (Å²) in [5, 5.41) is 25.5. The van der Waals surface area contributed by atoms with Crippen molar-refractivity contribution in [3.63, 3.8) is 0 Å². The molecule has 2 aromatic heterocycles. The molecule has 24 heavy (non-hydrogen) atoms. The van der Waals surface area contributed by atoms with Gasteiger partial charge in [0.25, 0.3) is 5.91 Å². The summed E-state index contributed by atoms with van der Waals surface area (Å²) in [6, 6.07) is 5.32. The summed E-state index contributed by atoms with van der Waals surface area (Å²) in [6.45, 7) is 0.243. The van der Waals surface area contributed by atoms with Gasteiger partial charge < -0.3 is 5.32 Å². The highest BCUT2D eigenvalue weighted by atomic mass is 35.5. The molecule has 122 valence electrons. The molecule has 2 heterocycles. The maximum atomic E-state index is 12.3. The summed E-state index contributed by atoms with van der Waals surface area (Å²) in [7, 11) is 0. The number of halogens is 1. The zero-order valence-electron chi connectivity index (χ0n) is 12.4. The Morgan fingerprint density at radius 1 is 1.29 bits per heavy atom. The van der Waals surface area contributed by atoms with Gasteiger partial charge in [0, 0.05) is 0 Å². The standard InChI is InChI=1S/C13H12ClN9O/c14-11-5-9(22-7-16-18-20-22)3-4-10(11)13(24)15-6-12-17-19-21-23(12)8-1-2-8/h3-5,7-8H,1-2,6H2,(H,15,24). The molecule has 4 rings (SSSR count). The van der Waals surface area contributed by atoms with Crippen LogP contribution in [0, 0.1) is 0 Å². The molecular formula is C13H12ClN9O. The maximum Gasteiger partial charge on any atom is 0.253 e. The number of carbonyl (C=O) groups excluding carboxylic acids is 1. The molecule has 1 aliphatic rings. The fourth-order valence-electron chi connectivity index (χ4n) is 2.30. The molecule has 1 fully saturated rings. The molecule has 1 saturated carbocycles. The largest absolute Gasteiger partial charge is 0.345 e. The van der Waals surface area contributed by atoms with E-state index < -0.39 is 0 Å². The van der Waals surface area contributed by atoms with Crippen LogP contribution in [0.4, 0.5) is 0 Å². The molecular weight excluding hydrogens is 334 g/mol. The van der Waals surface area contributed by atoms with Crippen LogP contribution < -0.4 is 5.32 Å². The predicted molar refractivity (Wildman–Crippen MR) is 81.4 cm³/mol. The molecule has 0 unspecified atom stereocenters. The Kier molecular flexibility index (Phi) is 3.65. The number of nitrogens with zero attached hydrogens (tertiary/aromatic N) is 8. The van der Waals surface area contributed by atoms with E-state index >= 15 is 0 Å². The average molecular weight is 346 g/mol. The Morgan fingerprint density at radius 2 is 2.17 bits per heavy atom. The third-order valence-corrected chi connectivity index (χ3v) is 3.98. The lowest BCUT2D eigenvalue weighted by molar-refractivity contribution is 0.0949. The minimum absolute atomic E-state index is 0.243. The van der Waals surface area contributed by atoms with Gasteiger partial charge in [0.15, 0.2) is 5.82 Å². The van der Waals surface area contributed by atoms with Crippen LogP contribution in [0.15, 0.2) is 24.5 Å². The van der Waals surface area contributed by atoms with E-state index in [1.165, 1.54) is 11.0 Å². The van der Waals surface area contributed by atoms with Gasteiger partial charge in [0.05, 0.1) is 28.9 Å². The van der Waals surface area contributed by atoms with Crippen LogP contribution in [0.2, 0.25) is 5.02 Å². The highest BCUT2D eigenvalue weighted by molar-refractivity contribution is 6.34. The summed E-state index contributed by atoms with van der Waals surface area (Å²) in [6.07, 6.45) is 3.58. The van der Waals surface area contributed by atoms with Crippen LogP contribution in [0.1, 0.15) is 35.1 Å². The van der Waals surface area contributed by atoms with Crippen molar-refractivity contribution in [1.82, 2.24) is 45.7 Å². The number of aromatic nitrogens is 8. The van der Waals surface area contributed by atoms with Crippen molar-refractivity contribution in [2.75, 3.05) is 0 Å². The molecule has 0 bridgehead atoms. The number of tetrazole rings is 2. The van der Waals surface area contributed by atoms with Gasteiger partial charge in [-0.05, 0) is 51.9 Å². The molecule has 0 spiro atoms. The number of hydrogen-bond acceptors (Lipinski definition) is 7. The van der Waals surface area contributed by atoms with Crippen LogP contribution in [-0.2, 0) is 6.54 Å². The van der Waals surface area contributed by atoms with Crippen LogP contribution in [0.25, 0.3) is 5.69 Å². The number of amides is 1. The van der Waals surface area contributed by atoms with Crippen LogP contribution in [0.5, 0.6) is 0 Å². The van der Waals surface area contributed by atoms with Gasteiger partial charge in [0.2, 0.25) is 0 Å². The Bertz CT molecular complexity index is 871. The molecule has 10 nitrogen and oxygen atoms in total. The first kappa shape index (κ1) is 14.7. The van der Waals surface area contributed by atoms with Gasteiger partial charge in [-0.25, -0.2) is 9.36 Å². The van der Waals surface area contributed by atoms with E-state index in [0.29, 0.717) is 28.1 Å². The second-order valence-corrected chi connectivity index (χ2v) is 5.78. The molecule has 11 heteroatoms. The molecule has 0 saturated heterocycles. The Hall–Kier alpha value is -2.88. The number of benzene rings is 1. The third kappa shape index (κ3) is 2.83. The molecule has 0 atom stereocenters. The molecule has 3 aromatic rings. The van der Waals surface area contributed by atoms with Gasteiger partial charge >= 0.3 is 0 Å². The first-order valence-electron chi connectivity index (χ1n) is 7.30. The zero-order chi connectivity index (χ0) is 16.5. The van der Waals surface area contributed by atoms with E-state index in [1.807, 2.05) is 0 Å². The molecule has 1 N–H and O–H groups in total. The fourth-order valence-corrected chi connectivity index (χ4v) is 2.56. The van der Waals surface area contributed by atoms with Crippen LogP contribution in [-0.4, -0.2) is 46.3 Å². The SMILES string of the molecule is O=C(NCc1nnnn1C1CC1)c1ccc(-n2cnnn2)cc1Cl. The van der Waals surface area contributed by atoms with Gasteiger partial charge in [-0.2, -0.15) is 0 Å². The van der Waals surface area contributed by atoms with Crippen molar-refractivity contribution < 1.29 is 4.79 Å². The summed E-state index contributed by atoms with van der Waals surface area (Å²) in [5.74, 6) is 0.334. The molecule has 0 radical (unpaired) electrons.